The van der Waals surface area contributed by atoms with Gasteiger partial charge in [0.2, 0.25) is 5.91 Å². The van der Waals surface area contributed by atoms with Crippen molar-refractivity contribution < 1.29 is 23.7 Å². The molecule has 1 aromatic heterocycles. The average Bonchev–Trinajstić information content (AvgIpc) is 2.82. The van der Waals surface area contributed by atoms with Gasteiger partial charge in [0.1, 0.15) is 5.03 Å². The van der Waals surface area contributed by atoms with Gasteiger partial charge in [-0.3, -0.25) is 4.79 Å². The van der Waals surface area contributed by atoms with Gasteiger partial charge in [0.05, 0.1) is 26.4 Å². The van der Waals surface area contributed by atoms with Crippen LogP contribution in [0.1, 0.15) is 32.1 Å². The molecule has 0 fully saturated rings. The Morgan fingerprint density at radius 3 is 2.25 bits per heavy atom. The number of carbonyl (C=O) groups is 1. The summed E-state index contributed by atoms with van der Waals surface area (Å²) in [4.78, 5) is 15.8. The van der Waals surface area contributed by atoms with Gasteiger partial charge in [-0.05, 0) is 55.2 Å². The highest BCUT2D eigenvalue weighted by Gasteiger charge is 2.02. The van der Waals surface area contributed by atoms with E-state index in [2.05, 4.69) is 10.3 Å². The molecule has 0 aliphatic carbocycles. The number of ether oxygens (including phenoxy) is 4. The molecule has 32 heavy (non-hydrogen) atoms. The molecule has 0 radical (unpaired) electrons. The number of hydrogen-bond acceptors (Lipinski definition) is 9. The number of methoxy groups -OCH3 is 2. The van der Waals surface area contributed by atoms with Gasteiger partial charge >= 0.3 is 0 Å². The number of unbranched alkanes of at least 4 members (excludes halogenated alkanes) is 2. The first-order chi connectivity index (χ1) is 15.7. The molecule has 1 heterocycles. The van der Waals surface area contributed by atoms with E-state index < -0.39 is 0 Å². The van der Waals surface area contributed by atoms with Gasteiger partial charge in [-0.2, -0.15) is 0 Å². The van der Waals surface area contributed by atoms with Crippen LogP contribution < -0.4 is 11.1 Å². The molecule has 1 amide bonds. The molecule has 0 saturated heterocycles. The predicted molar refractivity (Wildman–Crippen MR) is 133 cm³/mol. The lowest BCUT2D eigenvalue weighted by Gasteiger charge is -2.06. The fourth-order valence-corrected chi connectivity index (χ4v) is 3.98. The van der Waals surface area contributed by atoms with Crippen molar-refractivity contribution in [3.63, 3.8) is 0 Å². The minimum Gasteiger partial charge on any atom is -0.382 e. The number of amides is 1. The van der Waals surface area contributed by atoms with Crippen LogP contribution in [-0.2, 0) is 23.7 Å². The Morgan fingerprint density at radius 2 is 1.66 bits per heavy atom. The van der Waals surface area contributed by atoms with Crippen molar-refractivity contribution >= 4 is 27.5 Å². The van der Waals surface area contributed by atoms with Gasteiger partial charge in [-0.25, -0.2) is 4.98 Å². The van der Waals surface area contributed by atoms with E-state index in [1.54, 1.807) is 42.0 Å². The zero-order chi connectivity index (χ0) is 23.5. The second kappa shape index (κ2) is 26.4. The minimum absolute atomic E-state index is 0.106. The van der Waals surface area contributed by atoms with Crippen molar-refractivity contribution in [3.05, 3.63) is 24.4 Å². The topological polar surface area (TPSA) is 105 Å². The summed E-state index contributed by atoms with van der Waals surface area (Å²) in [7, 11) is 6.58. The number of nitrogens with two attached hydrogens (primary N) is 1. The largest absolute Gasteiger partial charge is 0.382 e. The quantitative estimate of drug-likeness (QED) is 0.210. The SMILES string of the molecule is COCCOCCCCN.COCCOCCCCNC(=O)CCSSc1ccccn1. The third-order valence-electron chi connectivity index (χ3n) is 3.84. The normalized spacial score (nSPS) is 10.5. The molecule has 0 atom stereocenters. The van der Waals surface area contributed by atoms with Crippen LogP contribution in [0.4, 0.5) is 0 Å². The summed E-state index contributed by atoms with van der Waals surface area (Å²) >= 11 is 0. The van der Waals surface area contributed by atoms with Crippen LogP contribution in [0.15, 0.2) is 29.4 Å². The first-order valence-electron chi connectivity index (χ1n) is 11.0. The standard InChI is InChI=1S/C15H24N2O3S2.C7H17NO2/c1-19-11-12-20-10-5-4-8-16-14(18)7-13-21-22-15-6-2-3-9-17-15;1-9-6-7-10-5-3-2-4-8/h2-3,6,9H,4-5,7-8,10-13H2,1H3,(H,16,18);2-8H2,1H3. The lowest BCUT2D eigenvalue weighted by atomic mass is 10.3. The third-order valence-corrected chi connectivity index (χ3v) is 6.11. The van der Waals surface area contributed by atoms with E-state index in [1.165, 1.54) is 0 Å². The predicted octanol–water partition coefficient (Wildman–Crippen LogP) is 3.16. The molecule has 3 N–H and O–H groups in total. The Hall–Kier alpha value is -0.880. The average molecular weight is 492 g/mol. The number of pyridine rings is 1. The van der Waals surface area contributed by atoms with Gasteiger partial charge in [-0.15, -0.1) is 0 Å². The fourth-order valence-electron chi connectivity index (χ4n) is 2.12. The Labute approximate surface area is 201 Å². The summed E-state index contributed by atoms with van der Waals surface area (Å²) in [6.07, 6.45) is 6.31. The summed E-state index contributed by atoms with van der Waals surface area (Å²) in [5, 5.41) is 3.90. The van der Waals surface area contributed by atoms with Crippen molar-refractivity contribution in [1.82, 2.24) is 10.3 Å². The van der Waals surface area contributed by atoms with E-state index in [1.807, 2.05) is 18.2 Å². The molecule has 1 aromatic rings. The van der Waals surface area contributed by atoms with Crippen LogP contribution in [0.25, 0.3) is 0 Å². The van der Waals surface area contributed by atoms with Crippen LogP contribution in [-0.4, -0.2) is 83.6 Å². The van der Waals surface area contributed by atoms with Gasteiger partial charge < -0.3 is 30.0 Å². The van der Waals surface area contributed by atoms with E-state index in [-0.39, 0.29) is 5.91 Å². The second-order valence-electron chi connectivity index (χ2n) is 6.59. The lowest BCUT2D eigenvalue weighted by Crippen LogP contribution is -2.24. The summed E-state index contributed by atoms with van der Waals surface area (Å²) in [6.45, 7) is 5.64. The van der Waals surface area contributed by atoms with Crippen LogP contribution in [0.5, 0.6) is 0 Å². The number of carbonyl (C=O) groups excluding carboxylic acids is 1. The fraction of sp³-hybridized carbons (Fsp3) is 0.727. The van der Waals surface area contributed by atoms with Crippen molar-refractivity contribution in [1.29, 1.82) is 0 Å². The first kappa shape index (κ1) is 31.1. The maximum absolute atomic E-state index is 11.6. The summed E-state index contributed by atoms with van der Waals surface area (Å²) < 4.78 is 20.2. The van der Waals surface area contributed by atoms with Crippen LogP contribution in [0.3, 0.4) is 0 Å². The molecule has 0 spiro atoms. The van der Waals surface area contributed by atoms with Crippen molar-refractivity contribution in [2.24, 2.45) is 5.73 Å². The van der Waals surface area contributed by atoms with Crippen molar-refractivity contribution in [2.45, 2.75) is 37.1 Å². The van der Waals surface area contributed by atoms with Gasteiger partial charge in [-0.1, -0.05) is 16.9 Å². The van der Waals surface area contributed by atoms with E-state index >= 15 is 0 Å². The maximum atomic E-state index is 11.6. The molecule has 0 aliphatic rings. The maximum Gasteiger partial charge on any atom is 0.220 e. The summed E-state index contributed by atoms with van der Waals surface area (Å²) in [5.74, 6) is 0.891. The molecule has 0 aromatic carbocycles. The minimum atomic E-state index is 0.106. The summed E-state index contributed by atoms with van der Waals surface area (Å²) in [6, 6.07) is 5.82. The zero-order valence-corrected chi connectivity index (χ0v) is 21.2. The van der Waals surface area contributed by atoms with Crippen LogP contribution in [0.2, 0.25) is 0 Å². The first-order valence-corrected chi connectivity index (χ1v) is 13.4. The summed E-state index contributed by atoms with van der Waals surface area (Å²) in [5.41, 5.74) is 5.29. The molecule has 0 unspecified atom stereocenters. The van der Waals surface area contributed by atoms with Crippen LogP contribution >= 0.6 is 21.6 Å². The lowest BCUT2D eigenvalue weighted by molar-refractivity contribution is -0.120. The highest BCUT2D eigenvalue weighted by atomic mass is 33.1. The van der Waals surface area contributed by atoms with Crippen molar-refractivity contribution in [2.75, 3.05) is 72.7 Å². The van der Waals surface area contributed by atoms with E-state index in [4.69, 9.17) is 24.7 Å². The Morgan fingerprint density at radius 1 is 0.969 bits per heavy atom. The molecule has 0 bridgehead atoms. The van der Waals surface area contributed by atoms with Crippen LogP contribution in [0, 0.1) is 0 Å². The monoisotopic (exact) mass is 491 g/mol. The number of nitrogens with zero attached hydrogens (tertiary/aromatic N) is 1. The van der Waals surface area contributed by atoms with Gasteiger partial charge in [0, 0.05) is 52.3 Å². The number of aromatic nitrogens is 1. The molecule has 8 nitrogen and oxygen atoms in total. The van der Waals surface area contributed by atoms with Gasteiger partial charge in [0.15, 0.2) is 0 Å². The van der Waals surface area contributed by atoms with E-state index in [0.29, 0.717) is 39.4 Å². The molecule has 0 saturated carbocycles. The molecular weight excluding hydrogens is 450 g/mol. The smallest absolute Gasteiger partial charge is 0.220 e. The van der Waals surface area contributed by atoms with Crippen molar-refractivity contribution in [3.8, 4) is 0 Å². The Kier molecular flexibility index (Phi) is 25.6. The highest BCUT2D eigenvalue weighted by Crippen LogP contribution is 2.29. The molecule has 0 aliphatic heterocycles. The number of hydrogen-bond donors (Lipinski definition) is 2. The van der Waals surface area contributed by atoms with E-state index in [9.17, 15) is 4.79 Å². The van der Waals surface area contributed by atoms with E-state index in [0.717, 1.165) is 56.2 Å². The number of rotatable bonds is 20. The number of nitrogens with one attached hydrogen (secondary N) is 1. The highest BCUT2D eigenvalue weighted by molar-refractivity contribution is 8.76. The van der Waals surface area contributed by atoms with Gasteiger partial charge in [0.25, 0.3) is 0 Å². The Balaban J connectivity index is 0.000000809. The molecule has 186 valence electrons. The molecule has 10 heteroatoms. The molecular formula is C22H41N3O5S2. The second-order valence-corrected chi connectivity index (χ2v) is 9.02. The third kappa shape index (κ3) is 23.8. The molecule has 1 rings (SSSR count). The Bertz CT molecular complexity index is 508. The zero-order valence-electron chi connectivity index (χ0n) is 19.6.